The molecule has 1 aromatic carbocycles. The summed E-state index contributed by atoms with van der Waals surface area (Å²) in [5.74, 6) is -1.15. The van der Waals surface area contributed by atoms with Crippen LogP contribution >= 0.6 is 0 Å². The number of fused-ring (bicyclic) bond motifs is 1. The van der Waals surface area contributed by atoms with Gasteiger partial charge in [0.15, 0.2) is 0 Å². The largest absolute Gasteiger partial charge is 0.481 e. The third-order valence-electron chi connectivity index (χ3n) is 2.97. The average molecular weight is 271 g/mol. The highest BCUT2D eigenvalue weighted by Gasteiger charge is 2.34. The highest BCUT2D eigenvalue weighted by Crippen LogP contribution is 2.37. The Bertz CT molecular complexity index is 629. The summed E-state index contributed by atoms with van der Waals surface area (Å²) in [5.41, 5.74) is -0.181. The summed E-state index contributed by atoms with van der Waals surface area (Å²) in [7, 11) is 0. The van der Waals surface area contributed by atoms with Crippen LogP contribution in [0.15, 0.2) is 24.4 Å². The Morgan fingerprint density at radius 2 is 2.05 bits per heavy atom. The van der Waals surface area contributed by atoms with Crippen LogP contribution in [0.5, 0.6) is 0 Å². The fourth-order valence-electron chi connectivity index (χ4n) is 2.23. The van der Waals surface area contributed by atoms with E-state index in [4.69, 9.17) is 5.11 Å². The lowest BCUT2D eigenvalue weighted by Gasteiger charge is -2.09. The van der Waals surface area contributed by atoms with Crippen LogP contribution in [0, 0.1) is 0 Å². The normalized spacial score (nSPS) is 12.0. The lowest BCUT2D eigenvalue weighted by atomic mass is 10.0. The Hall–Kier alpha value is -1.98. The molecule has 0 saturated carbocycles. The number of carboxylic acids is 1. The number of rotatable bonds is 3. The monoisotopic (exact) mass is 271 g/mol. The van der Waals surface area contributed by atoms with E-state index >= 15 is 0 Å². The maximum Gasteiger partial charge on any atom is 0.417 e. The quantitative estimate of drug-likeness (QED) is 0.930. The van der Waals surface area contributed by atoms with Crippen LogP contribution in [0.3, 0.4) is 0 Å². The molecule has 0 radical (unpaired) electrons. The molecule has 0 aliphatic rings. The van der Waals surface area contributed by atoms with Crippen molar-refractivity contribution in [2.24, 2.45) is 0 Å². The second-order valence-corrected chi connectivity index (χ2v) is 4.21. The van der Waals surface area contributed by atoms with Gasteiger partial charge >= 0.3 is 12.1 Å². The van der Waals surface area contributed by atoms with Gasteiger partial charge in [-0.25, -0.2) is 0 Å². The molecule has 0 spiro atoms. The number of aromatic nitrogens is 1. The summed E-state index contributed by atoms with van der Waals surface area (Å²) in [4.78, 5) is 10.8. The number of nitrogens with zero attached hydrogens (tertiary/aromatic N) is 1. The Balaban J connectivity index is 2.77. The predicted octanol–water partition coefficient (Wildman–Crippen LogP) is 3.31. The summed E-state index contributed by atoms with van der Waals surface area (Å²) in [6, 6.07) is 3.88. The molecule has 1 heterocycles. The molecule has 2 rings (SSSR count). The zero-order chi connectivity index (χ0) is 14.2. The van der Waals surface area contributed by atoms with Gasteiger partial charge in [-0.05, 0) is 24.6 Å². The topological polar surface area (TPSA) is 42.2 Å². The predicted molar refractivity (Wildman–Crippen MR) is 64.0 cm³/mol. The van der Waals surface area contributed by atoms with Crippen molar-refractivity contribution in [1.29, 1.82) is 0 Å². The van der Waals surface area contributed by atoms with Gasteiger partial charge in [-0.15, -0.1) is 0 Å². The van der Waals surface area contributed by atoms with E-state index in [1.54, 1.807) is 17.6 Å². The fourth-order valence-corrected chi connectivity index (χ4v) is 2.23. The third kappa shape index (κ3) is 2.43. The molecule has 0 unspecified atom stereocenters. The molecule has 0 amide bonds. The molecule has 0 aliphatic heterocycles. The number of alkyl halides is 3. The van der Waals surface area contributed by atoms with Crippen LogP contribution in [0.4, 0.5) is 13.2 Å². The van der Waals surface area contributed by atoms with Gasteiger partial charge in [0.1, 0.15) is 0 Å². The maximum absolute atomic E-state index is 13.0. The minimum Gasteiger partial charge on any atom is -0.481 e. The van der Waals surface area contributed by atoms with Crippen molar-refractivity contribution in [2.45, 2.75) is 26.1 Å². The molecule has 0 saturated heterocycles. The van der Waals surface area contributed by atoms with Crippen LogP contribution in [0.2, 0.25) is 0 Å². The molecule has 0 aliphatic carbocycles. The minimum absolute atomic E-state index is 0.0146. The number of benzene rings is 1. The van der Waals surface area contributed by atoms with Crippen molar-refractivity contribution in [2.75, 3.05) is 0 Å². The average Bonchev–Trinajstić information content (AvgIpc) is 2.65. The van der Waals surface area contributed by atoms with Gasteiger partial charge < -0.3 is 9.67 Å². The molecule has 2 aromatic rings. The fraction of sp³-hybridized carbons (Fsp3) is 0.308. The number of aryl methyl sites for hydroxylation is 1. The summed E-state index contributed by atoms with van der Waals surface area (Å²) >= 11 is 0. The van der Waals surface area contributed by atoms with E-state index in [-0.39, 0.29) is 10.9 Å². The standard InChI is InChI=1S/C13H12F3NO2/c1-2-17-7-8(6-11(18)19)12-9(13(14,15)16)4-3-5-10(12)17/h3-5,7H,2,6H2,1H3,(H,18,19). The van der Waals surface area contributed by atoms with Gasteiger partial charge in [0, 0.05) is 23.6 Å². The Morgan fingerprint density at radius 3 is 2.58 bits per heavy atom. The van der Waals surface area contributed by atoms with Crippen LogP contribution in [0.1, 0.15) is 18.1 Å². The van der Waals surface area contributed by atoms with Gasteiger partial charge in [0.05, 0.1) is 12.0 Å². The van der Waals surface area contributed by atoms with Crippen LogP contribution in [0.25, 0.3) is 10.9 Å². The number of halogens is 3. The molecular formula is C13H12F3NO2. The molecule has 3 nitrogen and oxygen atoms in total. The zero-order valence-corrected chi connectivity index (χ0v) is 10.2. The lowest BCUT2D eigenvalue weighted by molar-refractivity contribution is -0.137. The first-order chi connectivity index (χ1) is 8.84. The first kappa shape index (κ1) is 13.5. The van der Waals surface area contributed by atoms with E-state index in [1.807, 2.05) is 0 Å². The highest BCUT2D eigenvalue weighted by atomic mass is 19.4. The van der Waals surface area contributed by atoms with Gasteiger partial charge in [-0.3, -0.25) is 4.79 Å². The SMILES string of the molecule is CCn1cc(CC(=O)O)c2c(C(F)(F)F)cccc21. The number of hydrogen-bond acceptors (Lipinski definition) is 1. The van der Waals surface area contributed by atoms with Crippen molar-refractivity contribution < 1.29 is 23.1 Å². The molecule has 6 heteroatoms. The second kappa shape index (κ2) is 4.60. The third-order valence-corrected chi connectivity index (χ3v) is 2.97. The molecule has 0 fully saturated rings. The number of hydrogen-bond donors (Lipinski definition) is 1. The van der Waals surface area contributed by atoms with E-state index in [2.05, 4.69) is 0 Å². The lowest BCUT2D eigenvalue weighted by Crippen LogP contribution is -2.07. The van der Waals surface area contributed by atoms with Gasteiger partial charge in [-0.2, -0.15) is 13.2 Å². The molecular weight excluding hydrogens is 259 g/mol. The summed E-state index contributed by atoms with van der Waals surface area (Å²) in [6.07, 6.45) is -3.43. The number of carboxylic acid groups (broad SMARTS) is 1. The van der Waals surface area contributed by atoms with Crippen molar-refractivity contribution in [3.63, 3.8) is 0 Å². The molecule has 0 bridgehead atoms. The van der Waals surface area contributed by atoms with Crippen LogP contribution in [-0.4, -0.2) is 15.6 Å². The summed E-state index contributed by atoms with van der Waals surface area (Å²) < 4.78 is 40.6. The van der Waals surface area contributed by atoms with E-state index in [0.29, 0.717) is 12.1 Å². The van der Waals surface area contributed by atoms with Crippen molar-refractivity contribution in [1.82, 2.24) is 4.57 Å². The first-order valence-electron chi connectivity index (χ1n) is 5.74. The Labute approximate surface area is 107 Å². The Kier molecular flexibility index (Phi) is 3.26. The second-order valence-electron chi connectivity index (χ2n) is 4.21. The van der Waals surface area contributed by atoms with Crippen molar-refractivity contribution in [3.05, 3.63) is 35.5 Å². The van der Waals surface area contributed by atoms with Gasteiger partial charge in [-0.1, -0.05) is 6.07 Å². The minimum atomic E-state index is -4.49. The molecule has 102 valence electrons. The molecule has 0 atom stereocenters. The van der Waals surface area contributed by atoms with Crippen LogP contribution < -0.4 is 0 Å². The van der Waals surface area contributed by atoms with Crippen molar-refractivity contribution in [3.8, 4) is 0 Å². The summed E-state index contributed by atoms with van der Waals surface area (Å²) in [5, 5.41) is 8.80. The van der Waals surface area contributed by atoms with Crippen molar-refractivity contribution >= 4 is 16.9 Å². The zero-order valence-electron chi connectivity index (χ0n) is 10.2. The highest BCUT2D eigenvalue weighted by molar-refractivity contribution is 5.90. The molecule has 1 N–H and O–H groups in total. The number of aliphatic carboxylic acids is 1. The first-order valence-corrected chi connectivity index (χ1v) is 5.74. The van der Waals surface area contributed by atoms with Gasteiger partial charge in [0.25, 0.3) is 0 Å². The smallest absolute Gasteiger partial charge is 0.417 e. The van der Waals surface area contributed by atoms with E-state index in [1.165, 1.54) is 12.3 Å². The van der Waals surface area contributed by atoms with E-state index < -0.39 is 24.1 Å². The number of carbonyl (C=O) groups is 1. The van der Waals surface area contributed by atoms with E-state index in [0.717, 1.165) is 6.07 Å². The molecule has 19 heavy (non-hydrogen) atoms. The van der Waals surface area contributed by atoms with Gasteiger partial charge in [0.2, 0.25) is 0 Å². The molecule has 1 aromatic heterocycles. The maximum atomic E-state index is 13.0. The van der Waals surface area contributed by atoms with E-state index in [9.17, 15) is 18.0 Å². The van der Waals surface area contributed by atoms with Crippen LogP contribution in [-0.2, 0) is 23.9 Å². The summed E-state index contributed by atoms with van der Waals surface area (Å²) in [6.45, 7) is 2.28. The Morgan fingerprint density at radius 1 is 1.37 bits per heavy atom.